The molecule has 0 amide bonds. The van der Waals surface area contributed by atoms with Crippen LogP contribution >= 0.6 is 11.8 Å². The monoisotopic (exact) mass is 171 g/mol. The summed E-state index contributed by atoms with van der Waals surface area (Å²) in [6, 6.07) is 3.49. The van der Waals surface area contributed by atoms with Gasteiger partial charge < -0.3 is 15.3 Å². The van der Waals surface area contributed by atoms with E-state index in [1.165, 1.54) is 11.8 Å². The predicted octanol–water partition coefficient (Wildman–Crippen LogP) is 1.33. The van der Waals surface area contributed by atoms with E-state index in [4.69, 9.17) is 15.3 Å². The summed E-state index contributed by atoms with van der Waals surface area (Å²) in [7, 11) is 0. The highest BCUT2D eigenvalue weighted by molar-refractivity contribution is 7.98. The average Bonchev–Trinajstić information content (AvgIpc) is 1.97. The highest BCUT2D eigenvalue weighted by atomic mass is 32.2. The summed E-state index contributed by atoms with van der Waals surface area (Å²) < 4.78 is 0. The molecule has 1 rings (SSSR count). The predicted molar refractivity (Wildman–Crippen MR) is 42.1 cm³/mol. The van der Waals surface area contributed by atoms with Gasteiger partial charge in [0.25, 0.3) is 0 Å². The number of benzene rings is 1. The summed E-state index contributed by atoms with van der Waals surface area (Å²) in [5.74, 6) is -0.778. The van der Waals surface area contributed by atoms with Gasteiger partial charge >= 0.3 is 0 Å². The van der Waals surface area contributed by atoms with Crippen LogP contribution in [0.4, 0.5) is 0 Å². The summed E-state index contributed by atoms with van der Waals surface area (Å²) in [5, 5.41) is 26.9. The molecule has 1 radical (unpaired) electrons. The molecule has 4 heteroatoms. The summed E-state index contributed by atoms with van der Waals surface area (Å²) >= 11 is 1.24. The fourth-order valence-electron chi connectivity index (χ4n) is 0.655. The molecule has 1 aromatic carbocycles. The molecule has 0 aliphatic heterocycles. The van der Waals surface area contributed by atoms with Crippen LogP contribution in [0.25, 0.3) is 0 Å². The highest BCUT2D eigenvalue weighted by Crippen LogP contribution is 2.35. The maximum Gasteiger partial charge on any atom is 0.167 e. The maximum atomic E-state index is 9.09. The largest absolute Gasteiger partial charge is 0.507 e. The second kappa shape index (κ2) is 2.92. The molecule has 3 N–H and O–H groups in total. The lowest BCUT2D eigenvalue weighted by molar-refractivity contribution is 0.391. The third-order valence-electron chi connectivity index (χ3n) is 1.18. The van der Waals surface area contributed by atoms with Crippen LogP contribution in [0, 0.1) is 6.07 Å². The maximum absolute atomic E-state index is 9.09. The van der Waals surface area contributed by atoms with Crippen LogP contribution in [-0.4, -0.2) is 21.6 Å². The first-order valence-electron chi connectivity index (χ1n) is 2.86. The van der Waals surface area contributed by atoms with E-state index < -0.39 is 0 Å². The van der Waals surface area contributed by atoms with Crippen molar-refractivity contribution in [3.05, 3.63) is 12.1 Å². The average molecular weight is 171 g/mol. The van der Waals surface area contributed by atoms with Crippen LogP contribution in [0.3, 0.4) is 0 Å². The molecule has 0 aliphatic carbocycles. The normalized spacial score (nSPS) is 9.91. The van der Waals surface area contributed by atoms with Crippen molar-refractivity contribution >= 4 is 11.8 Å². The molecule has 0 heterocycles. The Kier molecular flexibility index (Phi) is 2.14. The van der Waals surface area contributed by atoms with Gasteiger partial charge in [0, 0.05) is 12.1 Å². The van der Waals surface area contributed by atoms with Crippen molar-refractivity contribution < 1.29 is 15.3 Å². The lowest BCUT2D eigenvalue weighted by Gasteiger charge is -2.01. The SMILES string of the molecule is CSc1[c]c(O)c(O)cc1O. The third kappa shape index (κ3) is 1.51. The van der Waals surface area contributed by atoms with Gasteiger partial charge in [-0.1, -0.05) is 0 Å². The van der Waals surface area contributed by atoms with Crippen molar-refractivity contribution in [3.8, 4) is 17.2 Å². The first-order valence-corrected chi connectivity index (χ1v) is 4.09. The molecule has 0 unspecified atom stereocenters. The summed E-state index contributed by atoms with van der Waals surface area (Å²) in [6.07, 6.45) is 1.74. The third-order valence-corrected chi connectivity index (χ3v) is 1.90. The van der Waals surface area contributed by atoms with E-state index in [0.717, 1.165) is 6.07 Å². The molecule has 0 saturated heterocycles. The van der Waals surface area contributed by atoms with Crippen LogP contribution in [0.1, 0.15) is 0 Å². The Bertz CT molecular complexity index is 273. The minimum atomic E-state index is -0.361. The molecular formula is C7H7O3S. The van der Waals surface area contributed by atoms with Crippen LogP contribution in [0.15, 0.2) is 11.0 Å². The fourth-order valence-corrected chi connectivity index (χ4v) is 1.12. The summed E-state index contributed by atoms with van der Waals surface area (Å²) in [6.45, 7) is 0. The molecule has 1 aromatic rings. The van der Waals surface area contributed by atoms with Gasteiger partial charge in [-0.05, 0) is 6.26 Å². The number of aromatic hydroxyl groups is 3. The number of hydrogen-bond donors (Lipinski definition) is 3. The van der Waals surface area contributed by atoms with Crippen LogP contribution in [0.2, 0.25) is 0 Å². The van der Waals surface area contributed by atoms with Crippen LogP contribution < -0.4 is 0 Å². The molecule has 11 heavy (non-hydrogen) atoms. The van der Waals surface area contributed by atoms with Crippen molar-refractivity contribution in [2.45, 2.75) is 4.90 Å². The quantitative estimate of drug-likeness (QED) is 0.339. The van der Waals surface area contributed by atoms with E-state index in [0.29, 0.717) is 4.90 Å². The molecule has 0 aliphatic rings. The lowest BCUT2D eigenvalue weighted by Crippen LogP contribution is -1.74. The Morgan fingerprint density at radius 1 is 1.27 bits per heavy atom. The van der Waals surface area contributed by atoms with Crippen molar-refractivity contribution in [1.29, 1.82) is 0 Å². The zero-order valence-electron chi connectivity index (χ0n) is 5.83. The number of thioether (sulfide) groups is 1. The van der Waals surface area contributed by atoms with Gasteiger partial charge in [0.1, 0.15) is 5.75 Å². The van der Waals surface area contributed by atoms with Gasteiger partial charge in [-0.15, -0.1) is 11.8 Å². The van der Waals surface area contributed by atoms with Crippen LogP contribution in [-0.2, 0) is 0 Å². The highest BCUT2D eigenvalue weighted by Gasteiger charge is 2.06. The number of phenolic OH excluding ortho intramolecular Hbond substituents is 3. The van der Waals surface area contributed by atoms with Crippen molar-refractivity contribution in [2.24, 2.45) is 0 Å². The molecule has 3 nitrogen and oxygen atoms in total. The summed E-state index contributed by atoms with van der Waals surface area (Å²) in [4.78, 5) is 0.417. The Morgan fingerprint density at radius 2 is 1.91 bits per heavy atom. The standard InChI is InChI=1S/C7H7O3S/c1-11-7-3-5(9)4(8)2-6(7)10/h2,8-10H,1H3. The topological polar surface area (TPSA) is 60.7 Å². The Morgan fingerprint density at radius 3 is 2.45 bits per heavy atom. The molecule has 0 spiro atoms. The Balaban J connectivity index is 3.21. The molecule has 0 saturated carbocycles. The van der Waals surface area contributed by atoms with E-state index in [1.807, 2.05) is 0 Å². The van der Waals surface area contributed by atoms with Crippen LogP contribution in [0.5, 0.6) is 17.2 Å². The van der Waals surface area contributed by atoms with Crippen molar-refractivity contribution in [1.82, 2.24) is 0 Å². The molecule has 0 aromatic heterocycles. The number of phenols is 3. The van der Waals surface area contributed by atoms with E-state index in [1.54, 1.807) is 6.26 Å². The molecule has 59 valence electrons. The lowest BCUT2D eigenvalue weighted by atomic mass is 10.3. The molecule has 0 atom stereocenters. The van der Waals surface area contributed by atoms with Crippen molar-refractivity contribution in [3.63, 3.8) is 0 Å². The minimum absolute atomic E-state index is 0.0761. The number of hydrogen-bond acceptors (Lipinski definition) is 4. The molecule has 0 fully saturated rings. The zero-order chi connectivity index (χ0) is 8.43. The van der Waals surface area contributed by atoms with Gasteiger partial charge in [0.05, 0.1) is 4.90 Å². The summed E-state index contributed by atoms with van der Waals surface area (Å²) in [5.41, 5.74) is 0. The molecular weight excluding hydrogens is 164 g/mol. The smallest absolute Gasteiger partial charge is 0.167 e. The second-order valence-corrected chi connectivity index (χ2v) is 2.74. The fraction of sp³-hybridized carbons (Fsp3) is 0.143. The van der Waals surface area contributed by atoms with E-state index in [2.05, 4.69) is 6.07 Å². The van der Waals surface area contributed by atoms with Gasteiger partial charge in [-0.3, -0.25) is 0 Å². The van der Waals surface area contributed by atoms with E-state index in [-0.39, 0.29) is 17.2 Å². The van der Waals surface area contributed by atoms with Gasteiger partial charge in [-0.2, -0.15) is 0 Å². The Hall–Kier alpha value is -1.03. The minimum Gasteiger partial charge on any atom is -0.507 e. The van der Waals surface area contributed by atoms with Gasteiger partial charge in [0.2, 0.25) is 0 Å². The molecule has 0 bridgehead atoms. The number of rotatable bonds is 1. The van der Waals surface area contributed by atoms with Gasteiger partial charge in [0.15, 0.2) is 11.5 Å². The first-order chi connectivity index (χ1) is 5.15. The zero-order valence-corrected chi connectivity index (χ0v) is 6.64. The van der Waals surface area contributed by atoms with E-state index >= 15 is 0 Å². The van der Waals surface area contributed by atoms with Crippen molar-refractivity contribution in [2.75, 3.05) is 6.26 Å². The first kappa shape index (κ1) is 8.07. The van der Waals surface area contributed by atoms with Gasteiger partial charge in [-0.25, -0.2) is 0 Å². The van der Waals surface area contributed by atoms with E-state index in [9.17, 15) is 0 Å². The Labute approximate surface area is 68.3 Å². The second-order valence-electron chi connectivity index (χ2n) is 1.92.